The number of nitrogens with zero attached hydrogens (tertiary/aromatic N) is 1. The van der Waals surface area contributed by atoms with Crippen LogP contribution in [0.3, 0.4) is 0 Å². The van der Waals surface area contributed by atoms with Crippen LogP contribution in [0.5, 0.6) is 5.75 Å². The Kier molecular flexibility index (Phi) is 4.90. The Morgan fingerprint density at radius 2 is 2.05 bits per heavy atom. The Labute approximate surface area is 137 Å². The van der Waals surface area contributed by atoms with Crippen LogP contribution < -0.4 is 0 Å². The lowest BCUT2D eigenvalue weighted by Crippen LogP contribution is -2.19. The number of amides is 1. The summed E-state index contributed by atoms with van der Waals surface area (Å²) in [5, 5.41) is 10.3. The molecular weight excluding hydrogens is 294 g/mol. The molecule has 1 amide bonds. The summed E-state index contributed by atoms with van der Waals surface area (Å²) in [6.45, 7) is 8.47. The van der Waals surface area contributed by atoms with Gasteiger partial charge in [0.25, 0.3) is 5.91 Å². The molecule has 1 aromatic rings. The molecule has 1 heterocycles. The van der Waals surface area contributed by atoms with Gasteiger partial charge in [0, 0.05) is 7.05 Å². The van der Waals surface area contributed by atoms with Gasteiger partial charge in [-0.1, -0.05) is 45.9 Å². The predicted octanol–water partition coefficient (Wildman–Crippen LogP) is 4.15. The van der Waals surface area contributed by atoms with Crippen LogP contribution in [0.25, 0.3) is 6.08 Å². The molecule has 1 saturated heterocycles. The van der Waals surface area contributed by atoms with Crippen molar-refractivity contribution in [3.63, 3.8) is 0 Å². The van der Waals surface area contributed by atoms with E-state index < -0.39 is 0 Å². The first-order chi connectivity index (χ1) is 10.2. The van der Waals surface area contributed by atoms with Crippen molar-refractivity contribution in [1.82, 2.24) is 4.90 Å². The molecule has 120 valence electrons. The van der Waals surface area contributed by atoms with Gasteiger partial charge < -0.3 is 10.0 Å². The van der Waals surface area contributed by atoms with Gasteiger partial charge in [0.05, 0.1) is 10.8 Å². The SMILES string of the molecule is CCCc1cc(/C=C2\SCN(C)C2=O)c(C(C)(C)C)cc1O. The van der Waals surface area contributed by atoms with E-state index in [1.165, 1.54) is 0 Å². The van der Waals surface area contributed by atoms with E-state index in [0.29, 0.717) is 11.6 Å². The van der Waals surface area contributed by atoms with E-state index in [-0.39, 0.29) is 11.3 Å². The number of benzene rings is 1. The summed E-state index contributed by atoms with van der Waals surface area (Å²) in [4.78, 5) is 14.6. The molecule has 0 spiro atoms. The number of aryl methyl sites for hydroxylation is 1. The van der Waals surface area contributed by atoms with Gasteiger partial charge in [-0.15, -0.1) is 0 Å². The topological polar surface area (TPSA) is 40.5 Å². The number of hydrogen-bond acceptors (Lipinski definition) is 3. The molecule has 3 nitrogen and oxygen atoms in total. The van der Waals surface area contributed by atoms with Crippen molar-refractivity contribution in [2.24, 2.45) is 0 Å². The number of hydrogen-bond donors (Lipinski definition) is 1. The van der Waals surface area contributed by atoms with E-state index in [4.69, 9.17) is 0 Å². The predicted molar refractivity (Wildman–Crippen MR) is 94.0 cm³/mol. The fourth-order valence-electron chi connectivity index (χ4n) is 2.61. The molecule has 22 heavy (non-hydrogen) atoms. The van der Waals surface area contributed by atoms with Crippen LogP contribution in [0.15, 0.2) is 17.0 Å². The van der Waals surface area contributed by atoms with Gasteiger partial charge in [-0.2, -0.15) is 0 Å². The largest absolute Gasteiger partial charge is 0.508 e. The van der Waals surface area contributed by atoms with Gasteiger partial charge >= 0.3 is 0 Å². The monoisotopic (exact) mass is 319 g/mol. The lowest BCUT2D eigenvalue weighted by Gasteiger charge is -2.23. The van der Waals surface area contributed by atoms with Crippen molar-refractivity contribution in [2.45, 2.75) is 46.0 Å². The molecule has 0 unspecified atom stereocenters. The second-order valence-corrected chi connectivity index (χ2v) is 7.84. The average molecular weight is 319 g/mol. The van der Waals surface area contributed by atoms with Crippen molar-refractivity contribution in [3.05, 3.63) is 33.7 Å². The summed E-state index contributed by atoms with van der Waals surface area (Å²) in [5.41, 5.74) is 2.97. The van der Waals surface area contributed by atoms with E-state index in [2.05, 4.69) is 27.7 Å². The van der Waals surface area contributed by atoms with Crippen molar-refractivity contribution in [1.29, 1.82) is 0 Å². The normalized spacial score (nSPS) is 17.6. The first kappa shape index (κ1) is 16.9. The maximum absolute atomic E-state index is 12.1. The van der Waals surface area contributed by atoms with Crippen LogP contribution in [0.1, 0.15) is 50.8 Å². The molecule has 2 rings (SSSR count). The Hall–Kier alpha value is -1.42. The highest BCUT2D eigenvalue weighted by Crippen LogP contribution is 2.36. The summed E-state index contributed by atoms with van der Waals surface area (Å²) in [7, 11) is 1.82. The highest BCUT2D eigenvalue weighted by atomic mass is 32.2. The van der Waals surface area contributed by atoms with Gasteiger partial charge in [-0.3, -0.25) is 4.79 Å². The summed E-state index contributed by atoms with van der Waals surface area (Å²) in [5.74, 6) is 1.14. The molecule has 0 atom stereocenters. The molecule has 0 aliphatic carbocycles. The minimum Gasteiger partial charge on any atom is -0.508 e. The summed E-state index contributed by atoms with van der Waals surface area (Å²) in [6, 6.07) is 3.91. The van der Waals surface area contributed by atoms with E-state index in [0.717, 1.165) is 34.4 Å². The van der Waals surface area contributed by atoms with Crippen LogP contribution >= 0.6 is 11.8 Å². The van der Waals surface area contributed by atoms with Gasteiger partial charge in [0.15, 0.2) is 0 Å². The first-order valence-electron chi connectivity index (χ1n) is 7.70. The fraction of sp³-hybridized carbons (Fsp3) is 0.500. The minimum atomic E-state index is -0.0904. The maximum Gasteiger partial charge on any atom is 0.260 e. The van der Waals surface area contributed by atoms with Gasteiger partial charge in [0.2, 0.25) is 0 Å². The number of thioether (sulfide) groups is 1. The van der Waals surface area contributed by atoms with E-state index >= 15 is 0 Å². The molecule has 0 saturated carbocycles. The summed E-state index contributed by atoms with van der Waals surface area (Å²) < 4.78 is 0. The lowest BCUT2D eigenvalue weighted by molar-refractivity contribution is -0.123. The smallest absolute Gasteiger partial charge is 0.260 e. The molecule has 0 radical (unpaired) electrons. The van der Waals surface area contributed by atoms with Gasteiger partial charge in [-0.05, 0) is 46.7 Å². The average Bonchev–Trinajstić information content (AvgIpc) is 2.73. The first-order valence-corrected chi connectivity index (χ1v) is 8.69. The number of aromatic hydroxyl groups is 1. The van der Waals surface area contributed by atoms with Crippen LogP contribution in [0.4, 0.5) is 0 Å². The van der Waals surface area contributed by atoms with Crippen molar-refractivity contribution < 1.29 is 9.90 Å². The summed E-state index contributed by atoms with van der Waals surface area (Å²) in [6.07, 6.45) is 3.80. The molecule has 4 heteroatoms. The lowest BCUT2D eigenvalue weighted by atomic mass is 9.82. The Morgan fingerprint density at radius 3 is 2.55 bits per heavy atom. The molecule has 1 aliphatic heterocycles. The third-order valence-electron chi connectivity index (χ3n) is 3.84. The van der Waals surface area contributed by atoms with E-state index in [1.807, 2.05) is 25.3 Å². The quantitative estimate of drug-likeness (QED) is 0.851. The van der Waals surface area contributed by atoms with E-state index in [1.54, 1.807) is 16.7 Å². The maximum atomic E-state index is 12.1. The third kappa shape index (κ3) is 3.49. The summed E-state index contributed by atoms with van der Waals surface area (Å²) >= 11 is 1.57. The van der Waals surface area contributed by atoms with Crippen LogP contribution in [0, 0.1) is 0 Å². The second-order valence-electron chi connectivity index (χ2n) is 6.85. The zero-order valence-corrected chi connectivity index (χ0v) is 14.9. The van der Waals surface area contributed by atoms with Crippen molar-refractivity contribution in [2.75, 3.05) is 12.9 Å². The second kappa shape index (κ2) is 6.37. The number of phenols is 1. The number of likely N-dealkylation sites (N-methyl/N-ethyl adjacent to an activating group) is 1. The minimum absolute atomic E-state index is 0.0787. The number of carbonyl (C=O) groups excluding carboxylic acids is 1. The molecule has 0 aromatic heterocycles. The Bertz CT molecular complexity index is 614. The molecular formula is C18H25NO2S. The molecule has 0 bridgehead atoms. The zero-order valence-electron chi connectivity index (χ0n) is 14.1. The van der Waals surface area contributed by atoms with Crippen molar-refractivity contribution >= 4 is 23.7 Å². The zero-order chi connectivity index (χ0) is 16.5. The molecule has 1 N–H and O–H groups in total. The van der Waals surface area contributed by atoms with Crippen LogP contribution in [-0.4, -0.2) is 28.8 Å². The van der Waals surface area contributed by atoms with Gasteiger partial charge in [-0.25, -0.2) is 0 Å². The number of carbonyl (C=O) groups is 1. The molecule has 1 aliphatic rings. The van der Waals surface area contributed by atoms with Crippen molar-refractivity contribution in [3.8, 4) is 5.75 Å². The highest BCUT2D eigenvalue weighted by Gasteiger charge is 2.25. The molecule has 1 fully saturated rings. The Morgan fingerprint density at radius 1 is 1.36 bits per heavy atom. The Balaban J connectivity index is 2.54. The highest BCUT2D eigenvalue weighted by molar-refractivity contribution is 8.04. The van der Waals surface area contributed by atoms with E-state index in [9.17, 15) is 9.90 Å². The van der Waals surface area contributed by atoms with Crippen LogP contribution in [-0.2, 0) is 16.6 Å². The number of phenolic OH excluding ortho intramolecular Hbond substituents is 1. The fourth-order valence-corrected chi connectivity index (χ4v) is 3.55. The standard InChI is InChI=1S/C18H25NO2S/c1-6-7-12-8-13(9-16-17(21)19(5)11-22-16)14(10-15(12)20)18(2,3)4/h8-10,20H,6-7,11H2,1-5H3/b16-9-. The number of rotatable bonds is 3. The third-order valence-corrected chi connectivity index (χ3v) is 4.96. The van der Waals surface area contributed by atoms with Crippen LogP contribution in [0.2, 0.25) is 0 Å². The van der Waals surface area contributed by atoms with Gasteiger partial charge in [0.1, 0.15) is 5.75 Å². The molecule has 1 aromatic carbocycles.